The molecule has 0 heterocycles. The Labute approximate surface area is 89.3 Å². The van der Waals surface area contributed by atoms with Crippen molar-refractivity contribution in [1.29, 1.82) is 0 Å². The fourth-order valence-corrected chi connectivity index (χ4v) is 1.57. The van der Waals surface area contributed by atoms with Crippen molar-refractivity contribution in [3.8, 4) is 0 Å². The molecule has 0 radical (unpaired) electrons. The first-order valence-corrected chi connectivity index (χ1v) is 5.46. The molecule has 0 atom stereocenters. The van der Waals surface area contributed by atoms with Crippen molar-refractivity contribution in [3.05, 3.63) is 0 Å². The quantitative estimate of drug-likeness (QED) is 0.786. The maximum atomic E-state index is 11.5. The third kappa shape index (κ3) is 4.13. The SMILES string of the molecule is CC(C)(C)C(=O)CSC(C)(C)C(=O)O. The van der Waals surface area contributed by atoms with Crippen LogP contribution in [-0.4, -0.2) is 27.4 Å². The van der Waals surface area contributed by atoms with Gasteiger partial charge in [0.2, 0.25) is 0 Å². The lowest BCUT2D eigenvalue weighted by Gasteiger charge is -2.21. The van der Waals surface area contributed by atoms with Crippen molar-refractivity contribution in [1.82, 2.24) is 0 Å². The molecular weight excluding hydrogens is 200 g/mol. The van der Waals surface area contributed by atoms with Gasteiger partial charge in [0.25, 0.3) is 0 Å². The van der Waals surface area contributed by atoms with E-state index in [4.69, 9.17) is 5.11 Å². The van der Waals surface area contributed by atoms with Gasteiger partial charge in [0.15, 0.2) is 0 Å². The van der Waals surface area contributed by atoms with E-state index in [0.29, 0.717) is 0 Å². The topological polar surface area (TPSA) is 54.4 Å². The van der Waals surface area contributed by atoms with Crippen LogP contribution in [0.4, 0.5) is 0 Å². The molecule has 0 amide bonds. The molecule has 0 aliphatic carbocycles. The summed E-state index contributed by atoms with van der Waals surface area (Å²) in [6, 6.07) is 0. The molecule has 0 aromatic rings. The lowest BCUT2D eigenvalue weighted by Crippen LogP contribution is -2.31. The highest BCUT2D eigenvalue weighted by atomic mass is 32.2. The highest BCUT2D eigenvalue weighted by molar-refractivity contribution is 8.02. The highest BCUT2D eigenvalue weighted by Crippen LogP contribution is 2.27. The Morgan fingerprint density at radius 1 is 1.14 bits per heavy atom. The molecule has 4 heteroatoms. The fraction of sp³-hybridized carbons (Fsp3) is 0.800. The third-order valence-corrected chi connectivity index (χ3v) is 3.22. The molecule has 0 aliphatic heterocycles. The molecule has 0 aliphatic rings. The molecule has 0 rings (SSSR count). The summed E-state index contributed by atoms with van der Waals surface area (Å²) in [4.78, 5) is 22.3. The van der Waals surface area contributed by atoms with Gasteiger partial charge in [-0.3, -0.25) is 9.59 Å². The number of rotatable bonds is 4. The van der Waals surface area contributed by atoms with E-state index >= 15 is 0 Å². The Kier molecular flexibility index (Phi) is 4.18. The van der Waals surface area contributed by atoms with E-state index in [0.717, 1.165) is 0 Å². The normalized spacial score (nSPS) is 12.6. The minimum absolute atomic E-state index is 0.0804. The van der Waals surface area contributed by atoms with Gasteiger partial charge in [-0.2, -0.15) is 0 Å². The summed E-state index contributed by atoms with van der Waals surface area (Å²) in [5, 5.41) is 8.82. The molecule has 3 nitrogen and oxygen atoms in total. The van der Waals surface area contributed by atoms with Gasteiger partial charge in [0, 0.05) is 5.41 Å². The lowest BCUT2D eigenvalue weighted by atomic mass is 9.92. The molecule has 0 aromatic carbocycles. The predicted molar refractivity (Wildman–Crippen MR) is 58.6 cm³/mol. The Morgan fingerprint density at radius 3 is 1.86 bits per heavy atom. The van der Waals surface area contributed by atoms with E-state index in [2.05, 4.69) is 0 Å². The molecule has 0 saturated carbocycles. The van der Waals surface area contributed by atoms with E-state index in [-0.39, 0.29) is 17.0 Å². The van der Waals surface area contributed by atoms with Gasteiger partial charge in [0.05, 0.1) is 5.75 Å². The third-order valence-electron chi connectivity index (χ3n) is 1.92. The van der Waals surface area contributed by atoms with Crippen molar-refractivity contribution >= 4 is 23.5 Å². The van der Waals surface area contributed by atoms with Crippen LogP contribution in [0, 0.1) is 5.41 Å². The number of carboxylic acid groups (broad SMARTS) is 1. The minimum atomic E-state index is -0.888. The number of thioether (sulfide) groups is 1. The van der Waals surface area contributed by atoms with Crippen LogP contribution < -0.4 is 0 Å². The molecule has 1 N–H and O–H groups in total. The number of ketones is 1. The second kappa shape index (κ2) is 4.34. The summed E-state index contributed by atoms with van der Waals surface area (Å²) >= 11 is 1.17. The van der Waals surface area contributed by atoms with Crippen LogP contribution in [-0.2, 0) is 9.59 Å². The number of carboxylic acids is 1. The van der Waals surface area contributed by atoms with Crippen molar-refractivity contribution in [2.24, 2.45) is 5.41 Å². The average Bonchev–Trinajstić information content (AvgIpc) is 1.98. The molecule has 14 heavy (non-hydrogen) atoms. The van der Waals surface area contributed by atoms with Crippen LogP contribution >= 0.6 is 11.8 Å². The first kappa shape index (κ1) is 13.5. The van der Waals surface area contributed by atoms with Gasteiger partial charge in [0.1, 0.15) is 10.5 Å². The fourth-order valence-electron chi connectivity index (χ4n) is 0.524. The van der Waals surface area contributed by atoms with Gasteiger partial charge in [-0.1, -0.05) is 20.8 Å². The number of hydrogen-bond acceptors (Lipinski definition) is 3. The largest absolute Gasteiger partial charge is 0.480 e. The van der Waals surface area contributed by atoms with Gasteiger partial charge in [-0.15, -0.1) is 11.8 Å². The Balaban J connectivity index is 4.21. The molecule has 0 saturated heterocycles. The Hall–Kier alpha value is -0.510. The zero-order chi connectivity index (χ0) is 11.6. The molecule has 0 bridgehead atoms. The highest BCUT2D eigenvalue weighted by Gasteiger charge is 2.30. The first-order chi connectivity index (χ1) is 6.07. The summed E-state index contributed by atoms with van der Waals surface area (Å²) in [5.41, 5.74) is -0.387. The minimum Gasteiger partial charge on any atom is -0.480 e. The maximum absolute atomic E-state index is 11.5. The van der Waals surface area contributed by atoms with E-state index in [1.807, 2.05) is 20.8 Å². The van der Waals surface area contributed by atoms with E-state index in [1.54, 1.807) is 13.8 Å². The first-order valence-electron chi connectivity index (χ1n) is 4.48. The number of hydrogen-bond donors (Lipinski definition) is 1. The number of carbonyl (C=O) groups is 2. The average molecular weight is 218 g/mol. The second-order valence-corrected chi connectivity index (χ2v) is 6.38. The van der Waals surface area contributed by atoms with Gasteiger partial charge in [-0.05, 0) is 13.8 Å². The van der Waals surface area contributed by atoms with E-state index in [1.165, 1.54) is 11.8 Å². The van der Waals surface area contributed by atoms with Crippen molar-refractivity contribution in [2.45, 2.75) is 39.4 Å². The molecule has 0 unspecified atom stereocenters. The predicted octanol–water partition coefficient (Wildman–Crippen LogP) is 2.20. The lowest BCUT2D eigenvalue weighted by molar-refractivity contribution is -0.138. The van der Waals surface area contributed by atoms with Crippen molar-refractivity contribution < 1.29 is 14.7 Å². The zero-order valence-electron chi connectivity index (χ0n) is 9.38. The second-order valence-electron chi connectivity index (χ2n) is 4.78. The molecule has 0 fully saturated rings. The number of Topliss-reactive ketones (excluding diaryl/α,β-unsaturated/α-hetero) is 1. The van der Waals surface area contributed by atoms with Crippen LogP contribution in [0.25, 0.3) is 0 Å². The number of aliphatic carboxylic acids is 1. The summed E-state index contributed by atoms with van der Waals surface area (Å²) in [6.45, 7) is 8.73. The molecular formula is C10H18O3S. The smallest absolute Gasteiger partial charge is 0.319 e. The van der Waals surface area contributed by atoms with E-state index in [9.17, 15) is 9.59 Å². The van der Waals surface area contributed by atoms with Crippen LogP contribution in [0.2, 0.25) is 0 Å². The summed E-state index contributed by atoms with van der Waals surface area (Å²) in [7, 11) is 0. The van der Waals surface area contributed by atoms with Crippen LogP contribution in [0.3, 0.4) is 0 Å². The van der Waals surface area contributed by atoms with Crippen LogP contribution in [0.15, 0.2) is 0 Å². The standard InChI is InChI=1S/C10H18O3S/c1-9(2,3)7(11)6-14-10(4,5)8(12)13/h6H2,1-5H3,(H,12,13). The molecule has 82 valence electrons. The van der Waals surface area contributed by atoms with Gasteiger partial charge < -0.3 is 5.11 Å². The van der Waals surface area contributed by atoms with Crippen molar-refractivity contribution in [2.75, 3.05) is 5.75 Å². The van der Waals surface area contributed by atoms with Gasteiger partial charge >= 0.3 is 5.97 Å². The number of carbonyl (C=O) groups excluding carboxylic acids is 1. The monoisotopic (exact) mass is 218 g/mol. The Bertz CT molecular complexity index is 238. The molecule has 0 aromatic heterocycles. The summed E-state index contributed by atoms with van der Waals surface area (Å²) < 4.78 is -0.888. The van der Waals surface area contributed by atoms with Gasteiger partial charge in [-0.25, -0.2) is 0 Å². The van der Waals surface area contributed by atoms with Crippen LogP contribution in [0.5, 0.6) is 0 Å². The molecule has 0 spiro atoms. The maximum Gasteiger partial charge on any atom is 0.319 e. The summed E-state index contributed by atoms with van der Waals surface area (Å²) in [6.07, 6.45) is 0. The van der Waals surface area contributed by atoms with Crippen LogP contribution in [0.1, 0.15) is 34.6 Å². The zero-order valence-corrected chi connectivity index (χ0v) is 10.2. The summed E-state index contributed by atoms with van der Waals surface area (Å²) in [5.74, 6) is -0.552. The van der Waals surface area contributed by atoms with E-state index < -0.39 is 10.7 Å². The van der Waals surface area contributed by atoms with Crippen molar-refractivity contribution in [3.63, 3.8) is 0 Å². The Morgan fingerprint density at radius 2 is 1.57 bits per heavy atom.